The number of likely N-dealkylation sites (N-methyl/N-ethyl adjacent to an activating group) is 1. The summed E-state index contributed by atoms with van der Waals surface area (Å²) in [6.45, 7) is 0.113. The van der Waals surface area contributed by atoms with Gasteiger partial charge in [0.05, 0.1) is 25.9 Å². The van der Waals surface area contributed by atoms with E-state index >= 15 is 0 Å². The number of rotatable bonds is 5. The molecule has 1 aromatic rings. The van der Waals surface area contributed by atoms with Crippen molar-refractivity contribution in [3.63, 3.8) is 0 Å². The standard InChI is InChI=1S/C11H15F2NO3/c1-14-5-8(15)9-6(12)4-7(13)10(16-2)11(9)17-3/h4,8,14-15H,5H2,1-3H3. The Morgan fingerprint density at radius 3 is 2.29 bits per heavy atom. The second-order valence-corrected chi connectivity index (χ2v) is 3.39. The Balaban J connectivity index is 3.36. The van der Waals surface area contributed by atoms with Crippen LogP contribution in [0, 0.1) is 11.6 Å². The fourth-order valence-corrected chi connectivity index (χ4v) is 1.59. The van der Waals surface area contributed by atoms with E-state index in [4.69, 9.17) is 9.47 Å². The molecule has 0 aromatic heterocycles. The van der Waals surface area contributed by atoms with Crippen LogP contribution in [0.4, 0.5) is 8.78 Å². The Hall–Kier alpha value is -1.40. The van der Waals surface area contributed by atoms with Gasteiger partial charge in [0.25, 0.3) is 0 Å². The van der Waals surface area contributed by atoms with Crippen LogP contribution >= 0.6 is 0 Å². The van der Waals surface area contributed by atoms with Gasteiger partial charge >= 0.3 is 0 Å². The van der Waals surface area contributed by atoms with Crippen molar-refractivity contribution in [1.29, 1.82) is 0 Å². The molecule has 1 atom stereocenters. The molecule has 17 heavy (non-hydrogen) atoms. The van der Waals surface area contributed by atoms with Crippen molar-refractivity contribution in [3.8, 4) is 11.5 Å². The van der Waals surface area contributed by atoms with Gasteiger partial charge in [-0.3, -0.25) is 0 Å². The van der Waals surface area contributed by atoms with E-state index in [1.54, 1.807) is 7.05 Å². The maximum atomic E-state index is 13.6. The molecule has 0 saturated heterocycles. The predicted molar refractivity (Wildman–Crippen MR) is 58.3 cm³/mol. The Kier molecular flexibility index (Phi) is 4.65. The number of aliphatic hydroxyl groups excluding tert-OH is 1. The van der Waals surface area contributed by atoms with E-state index in [1.165, 1.54) is 14.2 Å². The molecule has 0 aliphatic carbocycles. The highest BCUT2D eigenvalue weighted by Gasteiger charge is 2.24. The van der Waals surface area contributed by atoms with E-state index in [9.17, 15) is 13.9 Å². The summed E-state index contributed by atoms with van der Waals surface area (Å²) < 4.78 is 36.7. The van der Waals surface area contributed by atoms with E-state index in [0.717, 1.165) is 0 Å². The average molecular weight is 247 g/mol. The lowest BCUT2D eigenvalue weighted by Crippen LogP contribution is -2.19. The Morgan fingerprint density at radius 1 is 1.24 bits per heavy atom. The Bertz CT molecular complexity index is 399. The normalized spacial score (nSPS) is 12.4. The molecule has 0 radical (unpaired) electrons. The maximum Gasteiger partial charge on any atom is 0.197 e. The van der Waals surface area contributed by atoms with Gasteiger partial charge in [-0.1, -0.05) is 0 Å². The molecule has 6 heteroatoms. The molecule has 0 spiro atoms. The largest absolute Gasteiger partial charge is 0.492 e. The fraction of sp³-hybridized carbons (Fsp3) is 0.455. The quantitative estimate of drug-likeness (QED) is 0.821. The van der Waals surface area contributed by atoms with Gasteiger partial charge in [0.2, 0.25) is 0 Å². The van der Waals surface area contributed by atoms with Gasteiger partial charge in [-0.05, 0) is 7.05 Å². The minimum Gasteiger partial charge on any atom is -0.492 e. The van der Waals surface area contributed by atoms with Crippen molar-refractivity contribution in [2.45, 2.75) is 6.10 Å². The van der Waals surface area contributed by atoms with Crippen LogP contribution in [-0.4, -0.2) is 32.9 Å². The summed E-state index contributed by atoms with van der Waals surface area (Å²) >= 11 is 0. The van der Waals surface area contributed by atoms with Gasteiger partial charge in [0, 0.05) is 12.6 Å². The van der Waals surface area contributed by atoms with E-state index < -0.39 is 17.7 Å². The number of hydrogen-bond acceptors (Lipinski definition) is 4. The first-order valence-corrected chi connectivity index (χ1v) is 4.99. The number of halogens is 2. The van der Waals surface area contributed by atoms with Crippen molar-refractivity contribution in [2.75, 3.05) is 27.8 Å². The maximum absolute atomic E-state index is 13.6. The number of hydrogen-bond donors (Lipinski definition) is 2. The zero-order chi connectivity index (χ0) is 13.0. The summed E-state index contributed by atoms with van der Waals surface area (Å²) in [4.78, 5) is 0. The van der Waals surface area contributed by atoms with Crippen LogP contribution in [0.15, 0.2) is 6.07 Å². The number of aliphatic hydroxyl groups is 1. The molecule has 1 unspecified atom stereocenters. The second kappa shape index (κ2) is 5.79. The van der Waals surface area contributed by atoms with E-state index in [-0.39, 0.29) is 23.6 Å². The smallest absolute Gasteiger partial charge is 0.197 e. The highest BCUT2D eigenvalue weighted by Crippen LogP contribution is 2.38. The monoisotopic (exact) mass is 247 g/mol. The van der Waals surface area contributed by atoms with Crippen LogP contribution in [0.25, 0.3) is 0 Å². The minimum absolute atomic E-state index is 0.113. The van der Waals surface area contributed by atoms with Gasteiger partial charge < -0.3 is 19.9 Å². The summed E-state index contributed by atoms with van der Waals surface area (Å²) in [5.74, 6) is -2.10. The molecule has 0 heterocycles. The molecule has 0 aliphatic heterocycles. The van der Waals surface area contributed by atoms with Gasteiger partial charge in [-0.25, -0.2) is 8.78 Å². The van der Waals surface area contributed by atoms with Gasteiger partial charge in [0.1, 0.15) is 5.82 Å². The third-order valence-corrected chi connectivity index (χ3v) is 2.32. The number of benzene rings is 1. The van der Waals surface area contributed by atoms with Crippen LogP contribution in [-0.2, 0) is 0 Å². The molecule has 0 aliphatic rings. The molecule has 0 bridgehead atoms. The van der Waals surface area contributed by atoms with Crippen molar-refractivity contribution in [2.24, 2.45) is 0 Å². The summed E-state index contributed by atoms with van der Waals surface area (Å²) in [5.41, 5.74) is -0.125. The molecule has 1 aromatic carbocycles. The highest BCUT2D eigenvalue weighted by atomic mass is 19.1. The first-order chi connectivity index (χ1) is 8.06. The number of nitrogens with one attached hydrogen (secondary N) is 1. The third-order valence-electron chi connectivity index (χ3n) is 2.32. The lowest BCUT2D eigenvalue weighted by molar-refractivity contribution is 0.166. The minimum atomic E-state index is -1.15. The summed E-state index contributed by atoms with van der Waals surface area (Å²) in [6.07, 6.45) is -1.15. The second-order valence-electron chi connectivity index (χ2n) is 3.39. The number of ether oxygens (including phenoxy) is 2. The average Bonchev–Trinajstić information content (AvgIpc) is 2.28. The molecule has 4 nitrogen and oxygen atoms in total. The van der Waals surface area contributed by atoms with Gasteiger partial charge in [0.15, 0.2) is 17.3 Å². The van der Waals surface area contributed by atoms with E-state index in [2.05, 4.69) is 5.32 Å². The first-order valence-electron chi connectivity index (χ1n) is 4.99. The lowest BCUT2D eigenvalue weighted by Gasteiger charge is -2.18. The topological polar surface area (TPSA) is 50.7 Å². The number of methoxy groups -OCH3 is 2. The molecule has 0 amide bonds. The van der Waals surface area contributed by atoms with E-state index in [0.29, 0.717) is 6.07 Å². The molecule has 96 valence electrons. The predicted octanol–water partition coefficient (Wildman–Crippen LogP) is 1.23. The molecule has 0 fully saturated rings. The molecule has 0 saturated carbocycles. The van der Waals surface area contributed by atoms with Crippen LogP contribution in [0.2, 0.25) is 0 Å². The van der Waals surface area contributed by atoms with Crippen LogP contribution in [0.1, 0.15) is 11.7 Å². The SMILES string of the molecule is CNCC(O)c1c(F)cc(F)c(OC)c1OC. The summed E-state index contributed by atoms with van der Waals surface area (Å²) in [6, 6.07) is 0.662. The first kappa shape index (κ1) is 13.7. The van der Waals surface area contributed by atoms with Crippen molar-refractivity contribution in [3.05, 3.63) is 23.3 Å². The Morgan fingerprint density at radius 2 is 1.82 bits per heavy atom. The zero-order valence-corrected chi connectivity index (χ0v) is 9.88. The van der Waals surface area contributed by atoms with Crippen LogP contribution in [0.3, 0.4) is 0 Å². The van der Waals surface area contributed by atoms with Crippen molar-refractivity contribution in [1.82, 2.24) is 5.32 Å². The van der Waals surface area contributed by atoms with E-state index in [1.807, 2.05) is 0 Å². The molecular weight excluding hydrogens is 232 g/mol. The molecule has 2 N–H and O–H groups in total. The van der Waals surface area contributed by atoms with Gasteiger partial charge in [-0.15, -0.1) is 0 Å². The lowest BCUT2D eigenvalue weighted by atomic mass is 10.1. The van der Waals surface area contributed by atoms with Gasteiger partial charge in [-0.2, -0.15) is 0 Å². The summed E-state index contributed by atoms with van der Waals surface area (Å²) in [5, 5.41) is 12.5. The van der Waals surface area contributed by atoms with Crippen molar-refractivity contribution < 1.29 is 23.4 Å². The fourth-order valence-electron chi connectivity index (χ4n) is 1.59. The third kappa shape index (κ3) is 2.65. The van der Waals surface area contributed by atoms with Crippen molar-refractivity contribution >= 4 is 0 Å². The Labute approximate surface area is 98.2 Å². The van der Waals surface area contributed by atoms with Crippen LogP contribution in [0.5, 0.6) is 11.5 Å². The highest BCUT2D eigenvalue weighted by molar-refractivity contribution is 5.49. The molecular formula is C11H15F2NO3. The zero-order valence-electron chi connectivity index (χ0n) is 9.88. The van der Waals surface area contributed by atoms with Crippen LogP contribution < -0.4 is 14.8 Å². The molecule has 1 rings (SSSR count). The summed E-state index contributed by atoms with van der Waals surface area (Å²) in [7, 11) is 4.10.